The van der Waals surface area contributed by atoms with E-state index in [4.69, 9.17) is 11.6 Å². The van der Waals surface area contributed by atoms with Crippen molar-refractivity contribution in [3.05, 3.63) is 75.9 Å². The number of hydrogen-bond donors (Lipinski definition) is 1. The molecule has 2 aromatic carbocycles. The third kappa shape index (κ3) is 3.86. The number of halogens is 2. The Bertz CT molecular complexity index is 1180. The van der Waals surface area contributed by atoms with Crippen molar-refractivity contribution in [2.75, 3.05) is 11.4 Å². The van der Waals surface area contributed by atoms with Gasteiger partial charge in [-0.1, -0.05) is 29.8 Å². The van der Waals surface area contributed by atoms with Gasteiger partial charge in [0.15, 0.2) is 0 Å². The largest absolute Gasteiger partial charge is 0.349 e. The Balaban J connectivity index is 1.44. The fraction of sp³-hybridized carbons (Fsp3) is 0.190. The Kier molecular flexibility index (Phi) is 5.07. The Morgan fingerprint density at radius 1 is 1.17 bits per heavy atom. The van der Waals surface area contributed by atoms with Crippen LogP contribution in [0.2, 0.25) is 5.02 Å². The van der Waals surface area contributed by atoms with Crippen LogP contribution in [0.1, 0.15) is 6.42 Å². The Hall–Kier alpha value is -3.19. The van der Waals surface area contributed by atoms with Crippen molar-refractivity contribution < 1.29 is 14.0 Å². The molecule has 0 aliphatic carbocycles. The van der Waals surface area contributed by atoms with E-state index < -0.39 is 11.9 Å². The molecule has 29 heavy (non-hydrogen) atoms. The number of hydrogen-bond acceptors (Lipinski definition) is 3. The number of benzene rings is 2. The molecule has 1 saturated heterocycles. The zero-order chi connectivity index (χ0) is 20.5. The van der Waals surface area contributed by atoms with Crippen molar-refractivity contribution in [3.63, 3.8) is 0 Å². The third-order valence-electron chi connectivity index (χ3n) is 4.91. The summed E-state index contributed by atoms with van der Waals surface area (Å²) >= 11 is 5.68. The zero-order valence-corrected chi connectivity index (χ0v) is 16.0. The van der Waals surface area contributed by atoms with Crippen LogP contribution in [-0.4, -0.2) is 29.0 Å². The summed E-state index contributed by atoms with van der Waals surface area (Å²) in [6.07, 6.45) is 1.68. The molecule has 0 bridgehead atoms. The minimum atomic E-state index is -0.611. The van der Waals surface area contributed by atoms with Gasteiger partial charge in [-0.05, 0) is 35.7 Å². The maximum atomic E-state index is 13.7. The van der Waals surface area contributed by atoms with Crippen molar-refractivity contribution in [1.82, 2.24) is 9.88 Å². The van der Waals surface area contributed by atoms with Gasteiger partial charge in [-0.15, -0.1) is 0 Å². The number of anilines is 1. The molecule has 6 nitrogen and oxygen atoms in total. The smallest absolute Gasteiger partial charge is 0.258 e. The molecular formula is C21H17ClFN3O3. The maximum Gasteiger partial charge on any atom is 0.258 e. The highest BCUT2D eigenvalue weighted by Crippen LogP contribution is 2.25. The molecule has 0 saturated carbocycles. The summed E-state index contributed by atoms with van der Waals surface area (Å²) in [5.41, 5.74) is 0.137. The highest BCUT2D eigenvalue weighted by Gasteiger charge is 2.32. The normalized spacial score (nSPS) is 16.4. The molecule has 0 spiro atoms. The lowest BCUT2D eigenvalue weighted by atomic mass is 10.2. The van der Waals surface area contributed by atoms with Gasteiger partial charge in [0.05, 0.1) is 11.1 Å². The average Bonchev–Trinajstić information content (AvgIpc) is 3.06. The van der Waals surface area contributed by atoms with E-state index in [1.165, 1.54) is 21.6 Å². The van der Waals surface area contributed by atoms with Gasteiger partial charge in [0.2, 0.25) is 11.8 Å². The lowest BCUT2D eigenvalue weighted by Crippen LogP contribution is -2.40. The number of nitrogens with zero attached hydrogens (tertiary/aromatic N) is 2. The minimum Gasteiger partial charge on any atom is -0.349 e. The molecule has 4 rings (SSSR count). The fourth-order valence-corrected chi connectivity index (χ4v) is 3.61. The van der Waals surface area contributed by atoms with Crippen LogP contribution in [0.3, 0.4) is 0 Å². The lowest BCUT2D eigenvalue weighted by Gasteiger charge is -2.18. The molecule has 8 heteroatoms. The molecule has 1 fully saturated rings. The first-order valence-corrected chi connectivity index (χ1v) is 9.43. The molecule has 1 unspecified atom stereocenters. The van der Waals surface area contributed by atoms with Gasteiger partial charge in [0.1, 0.15) is 12.4 Å². The van der Waals surface area contributed by atoms with E-state index in [-0.39, 0.29) is 41.9 Å². The molecule has 2 heterocycles. The molecule has 0 radical (unpaired) electrons. The maximum absolute atomic E-state index is 13.7. The standard InChI is InChI=1S/C21H17ClFN3O3/c22-17-6-5-15(10-18(17)23)26-11-14(9-20(26)28)24-19(27)12-25-8-7-13-3-1-2-4-16(13)21(25)29/h1-8,10,14H,9,11-12H2,(H,24,27). The van der Waals surface area contributed by atoms with Crippen LogP contribution in [0, 0.1) is 5.82 Å². The molecule has 1 N–H and O–H groups in total. The van der Waals surface area contributed by atoms with Crippen LogP contribution >= 0.6 is 11.6 Å². The van der Waals surface area contributed by atoms with Crippen molar-refractivity contribution >= 4 is 39.9 Å². The van der Waals surface area contributed by atoms with Crippen molar-refractivity contribution in [2.45, 2.75) is 19.0 Å². The second-order valence-electron chi connectivity index (χ2n) is 6.91. The first-order valence-electron chi connectivity index (χ1n) is 9.05. The van der Waals surface area contributed by atoms with E-state index in [0.29, 0.717) is 11.1 Å². The molecule has 1 aliphatic rings. The second kappa shape index (κ2) is 7.67. The van der Waals surface area contributed by atoms with E-state index in [2.05, 4.69) is 5.32 Å². The van der Waals surface area contributed by atoms with Gasteiger partial charge in [0, 0.05) is 30.2 Å². The molecular weight excluding hydrogens is 397 g/mol. The van der Waals surface area contributed by atoms with Crippen LogP contribution < -0.4 is 15.8 Å². The van der Waals surface area contributed by atoms with Crippen molar-refractivity contribution in [1.29, 1.82) is 0 Å². The predicted molar refractivity (Wildman–Crippen MR) is 109 cm³/mol. The summed E-state index contributed by atoms with van der Waals surface area (Å²) in [5.74, 6) is -1.20. The first kappa shape index (κ1) is 19.1. The summed E-state index contributed by atoms with van der Waals surface area (Å²) in [7, 11) is 0. The summed E-state index contributed by atoms with van der Waals surface area (Å²) in [6, 6.07) is 12.6. The molecule has 1 aliphatic heterocycles. The number of aromatic nitrogens is 1. The van der Waals surface area contributed by atoms with Gasteiger partial charge in [-0.2, -0.15) is 0 Å². The number of nitrogens with one attached hydrogen (secondary N) is 1. The topological polar surface area (TPSA) is 71.4 Å². The van der Waals surface area contributed by atoms with E-state index in [0.717, 1.165) is 5.39 Å². The molecule has 1 atom stereocenters. The van der Waals surface area contributed by atoms with Gasteiger partial charge in [-0.3, -0.25) is 14.4 Å². The van der Waals surface area contributed by atoms with Crippen LogP contribution in [0.15, 0.2) is 59.5 Å². The Labute approximate surface area is 170 Å². The van der Waals surface area contributed by atoms with Crippen LogP contribution in [0.4, 0.5) is 10.1 Å². The van der Waals surface area contributed by atoms with E-state index in [1.54, 1.807) is 30.5 Å². The number of carbonyl (C=O) groups excluding carboxylic acids is 2. The highest BCUT2D eigenvalue weighted by atomic mass is 35.5. The van der Waals surface area contributed by atoms with Crippen LogP contribution in [0.5, 0.6) is 0 Å². The van der Waals surface area contributed by atoms with Crippen molar-refractivity contribution in [2.24, 2.45) is 0 Å². The first-order chi connectivity index (χ1) is 13.9. The number of carbonyl (C=O) groups is 2. The number of pyridine rings is 1. The van der Waals surface area contributed by atoms with E-state index >= 15 is 0 Å². The summed E-state index contributed by atoms with van der Waals surface area (Å²) in [6.45, 7) is 0.0716. The highest BCUT2D eigenvalue weighted by molar-refractivity contribution is 6.30. The minimum absolute atomic E-state index is 0.0222. The monoisotopic (exact) mass is 413 g/mol. The average molecular weight is 414 g/mol. The fourth-order valence-electron chi connectivity index (χ4n) is 3.49. The number of rotatable bonds is 4. The van der Waals surface area contributed by atoms with E-state index in [9.17, 15) is 18.8 Å². The molecule has 148 valence electrons. The van der Waals surface area contributed by atoms with Gasteiger partial charge >= 0.3 is 0 Å². The predicted octanol–water partition coefficient (Wildman–Crippen LogP) is 2.72. The zero-order valence-electron chi connectivity index (χ0n) is 15.3. The molecule has 2 amide bonds. The Morgan fingerprint density at radius 3 is 2.76 bits per heavy atom. The van der Waals surface area contributed by atoms with Crippen molar-refractivity contribution in [3.8, 4) is 0 Å². The molecule has 1 aromatic heterocycles. The summed E-state index contributed by atoms with van der Waals surface area (Å²) in [4.78, 5) is 38.6. The third-order valence-corrected chi connectivity index (χ3v) is 5.21. The quantitative estimate of drug-likeness (QED) is 0.715. The van der Waals surface area contributed by atoms with Crippen LogP contribution in [-0.2, 0) is 16.1 Å². The number of amides is 2. The van der Waals surface area contributed by atoms with Gasteiger partial charge < -0.3 is 14.8 Å². The van der Waals surface area contributed by atoms with Gasteiger partial charge in [0.25, 0.3) is 5.56 Å². The second-order valence-corrected chi connectivity index (χ2v) is 7.31. The van der Waals surface area contributed by atoms with Crippen LogP contribution in [0.25, 0.3) is 10.8 Å². The van der Waals surface area contributed by atoms with E-state index in [1.807, 2.05) is 12.1 Å². The summed E-state index contributed by atoms with van der Waals surface area (Å²) in [5, 5.41) is 4.10. The molecule has 3 aromatic rings. The number of fused-ring (bicyclic) bond motifs is 1. The SMILES string of the molecule is O=C(Cn1ccc2ccccc2c1=O)NC1CC(=O)N(c2ccc(Cl)c(F)c2)C1. The van der Waals surface area contributed by atoms with Gasteiger partial charge in [-0.25, -0.2) is 4.39 Å². The lowest BCUT2D eigenvalue weighted by molar-refractivity contribution is -0.122. The summed E-state index contributed by atoms with van der Waals surface area (Å²) < 4.78 is 15.0. The Morgan fingerprint density at radius 2 is 1.97 bits per heavy atom.